The molecule has 0 aromatic rings. The zero-order valence-corrected chi connectivity index (χ0v) is 6.07. The highest BCUT2D eigenvalue weighted by Crippen LogP contribution is 2.49. The first kappa shape index (κ1) is 5.28. The number of hydrogen-bond acceptors (Lipinski definition) is 0. The minimum Gasteiger partial charge on any atom is -0.0738 e. The third-order valence-corrected chi connectivity index (χ3v) is 2.40. The topological polar surface area (TPSA) is 0 Å². The molecule has 1 atom stereocenters. The predicted molar refractivity (Wildman–Crippen MR) is 39.2 cm³/mol. The summed E-state index contributed by atoms with van der Waals surface area (Å²) in [6.45, 7) is 4.48. The maximum absolute atomic E-state index is 2.41. The van der Waals surface area contributed by atoms with Crippen molar-refractivity contribution in [1.29, 1.82) is 0 Å². The van der Waals surface area contributed by atoms with E-state index in [1.807, 2.05) is 0 Å². The highest BCUT2D eigenvalue weighted by atomic mass is 14.4. The first-order valence-electron chi connectivity index (χ1n) is 3.73. The summed E-state index contributed by atoms with van der Waals surface area (Å²) in [6, 6.07) is 0. The van der Waals surface area contributed by atoms with Crippen molar-refractivity contribution in [2.24, 2.45) is 5.92 Å². The van der Waals surface area contributed by atoms with Crippen LogP contribution in [0.2, 0.25) is 0 Å². The Balaban J connectivity index is 2.35. The average Bonchev–Trinajstić information content (AvgIpc) is 2.45. The molecule has 0 unspecified atom stereocenters. The van der Waals surface area contributed by atoms with Gasteiger partial charge in [0.15, 0.2) is 0 Å². The Morgan fingerprint density at radius 2 is 2.44 bits per heavy atom. The van der Waals surface area contributed by atoms with E-state index < -0.39 is 0 Å². The number of hydrogen-bond donors (Lipinski definition) is 0. The molecule has 48 valence electrons. The second-order valence-electron chi connectivity index (χ2n) is 3.02. The SMILES string of the molecule is CCC1=C2C[C@@H]2C=C1C. The second kappa shape index (κ2) is 1.50. The summed E-state index contributed by atoms with van der Waals surface area (Å²) in [7, 11) is 0. The molecular formula is C9H12. The zero-order chi connectivity index (χ0) is 6.43. The van der Waals surface area contributed by atoms with Crippen molar-refractivity contribution in [2.75, 3.05) is 0 Å². The van der Waals surface area contributed by atoms with Gasteiger partial charge in [-0.25, -0.2) is 0 Å². The van der Waals surface area contributed by atoms with Gasteiger partial charge < -0.3 is 0 Å². The van der Waals surface area contributed by atoms with Gasteiger partial charge in [-0.2, -0.15) is 0 Å². The van der Waals surface area contributed by atoms with E-state index in [-0.39, 0.29) is 0 Å². The van der Waals surface area contributed by atoms with Gasteiger partial charge >= 0.3 is 0 Å². The predicted octanol–water partition coefficient (Wildman–Crippen LogP) is 2.67. The molecule has 0 heteroatoms. The molecule has 2 aliphatic carbocycles. The maximum atomic E-state index is 2.41. The van der Waals surface area contributed by atoms with Crippen LogP contribution >= 0.6 is 0 Å². The number of rotatable bonds is 1. The monoisotopic (exact) mass is 120 g/mol. The van der Waals surface area contributed by atoms with Crippen LogP contribution in [-0.2, 0) is 0 Å². The molecule has 9 heavy (non-hydrogen) atoms. The quantitative estimate of drug-likeness (QED) is 0.499. The summed E-state index contributed by atoms with van der Waals surface area (Å²) in [4.78, 5) is 0. The largest absolute Gasteiger partial charge is 0.0738 e. The van der Waals surface area contributed by atoms with Crippen LogP contribution in [0.4, 0.5) is 0 Å². The highest BCUT2D eigenvalue weighted by Gasteiger charge is 2.35. The van der Waals surface area contributed by atoms with Crippen molar-refractivity contribution < 1.29 is 0 Å². The van der Waals surface area contributed by atoms with Crippen LogP contribution in [0.3, 0.4) is 0 Å². The van der Waals surface area contributed by atoms with E-state index >= 15 is 0 Å². The van der Waals surface area contributed by atoms with Crippen LogP contribution in [0, 0.1) is 5.92 Å². The lowest BCUT2D eigenvalue weighted by atomic mass is 10.1. The van der Waals surface area contributed by atoms with E-state index in [4.69, 9.17) is 0 Å². The Morgan fingerprint density at radius 1 is 1.67 bits per heavy atom. The standard InChI is InChI=1S/C9H12/c1-3-8-6(2)4-7-5-9(7)8/h4,7H,3,5H2,1-2H3/t7-/m0/s1. The Morgan fingerprint density at radius 3 is 2.78 bits per heavy atom. The summed E-state index contributed by atoms with van der Waals surface area (Å²) in [5, 5.41) is 0. The highest BCUT2D eigenvalue weighted by molar-refractivity contribution is 5.51. The molecule has 0 nitrogen and oxygen atoms in total. The number of allylic oxidation sites excluding steroid dienone is 4. The van der Waals surface area contributed by atoms with Crippen LogP contribution < -0.4 is 0 Å². The van der Waals surface area contributed by atoms with E-state index in [1.54, 1.807) is 16.7 Å². The van der Waals surface area contributed by atoms with Crippen LogP contribution in [0.25, 0.3) is 0 Å². The van der Waals surface area contributed by atoms with E-state index in [0.717, 1.165) is 5.92 Å². The summed E-state index contributed by atoms with van der Waals surface area (Å²) >= 11 is 0. The molecule has 2 rings (SSSR count). The smallest absolute Gasteiger partial charge is 0.00264 e. The molecule has 1 saturated carbocycles. The lowest BCUT2D eigenvalue weighted by Crippen LogP contribution is -1.78. The third kappa shape index (κ3) is 0.592. The molecule has 0 heterocycles. The summed E-state index contributed by atoms with van der Waals surface area (Å²) < 4.78 is 0. The van der Waals surface area contributed by atoms with Gasteiger partial charge in [0.05, 0.1) is 0 Å². The van der Waals surface area contributed by atoms with Crippen molar-refractivity contribution in [3.05, 3.63) is 22.8 Å². The molecule has 0 amide bonds. The van der Waals surface area contributed by atoms with Crippen LogP contribution in [0.1, 0.15) is 26.7 Å². The third-order valence-electron chi connectivity index (χ3n) is 2.40. The van der Waals surface area contributed by atoms with E-state index in [2.05, 4.69) is 19.9 Å². The van der Waals surface area contributed by atoms with Crippen molar-refractivity contribution in [3.8, 4) is 0 Å². The molecule has 0 aromatic carbocycles. The van der Waals surface area contributed by atoms with Crippen molar-refractivity contribution in [3.63, 3.8) is 0 Å². The van der Waals surface area contributed by atoms with Crippen LogP contribution in [0.15, 0.2) is 22.8 Å². The molecule has 2 aliphatic rings. The Labute approximate surface area is 56.3 Å². The zero-order valence-electron chi connectivity index (χ0n) is 6.07. The lowest BCUT2D eigenvalue weighted by molar-refractivity contribution is 1.09. The Kier molecular flexibility index (Phi) is 0.879. The molecule has 0 aliphatic heterocycles. The van der Waals surface area contributed by atoms with E-state index in [9.17, 15) is 0 Å². The van der Waals surface area contributed by atoms with Gasteiger partial charge in [0.25, 0.3) is 0 Å². The summed E-state index contributed by atoms with van der Waals surface area (Å²) in [5.74, 6) is 0.889. The van der Waals surface area contributed by atoms with Gasteiger partial charge in [-0.05, 0) is 25.3 Å². The maximum Gasteiger partial charge on any atom is 0.00264 e. The van der Waals surface area contributed by atoms with Gasteiger partial charge in [0.2, 0.25) is 0 Å². The molecule has 0 saturated heterocycles. The molecule has 0 bridgehead atoms. The molecule has 0 radical (unpaired) electrons. The molecule has 0 N–H and O–H groups in total. The lowest BCUT2D eigenvalue weighted by Gasteiger charge is -1.98. The van der Waals surface area contributed by atoms with Crippen LogP contribution in [0.5, 0.6) is 0 Å². The Bertz CT molecular complexity index is 206. The molecule has 1 fully saturated rings. The van der Waals surface area contributed by atoms with Gasteiger partial charge in [-0.1, -0.05) is 24.1 Å². The average molecular weight is 120 g/mol. The fourth-order valence-corrected chi connectivity index (χ4v) is 1.85. The van der Waals surface area contributed by atoms with Gasteiger partial charge in [0, 0.05) is 5.92 Å². The fourth-order valence-electron chi connectivity index (χ4n) is 1.85. The molecular weight excluding hydrogens is 108 g/mol. The van der Waals surface area contributed by atoms with Crippen molar-refractivity contribution in [1.82, 2.24) is 0 Å². The van der Waals surface area contributed by atoms with Crippen molar-refractivity contribution >= 4 is 0 Å². The minimum absolute atomic E-state index is 0.889. The van der Waals surface area contributed by atoms with Gasteiger partial charge in [-0.15, -0.1) is 0 Å². The molecule has 0 spiro atoms. The van der Waals surface area contributed by atoms with Gasteiger partial charge in [-0.3, -0.25) is 0 Å². The first-order valence-corrected chi connectivity index (χ1v) is 3.73. The Hall–Kier alpha value is -0.520. The number of fused-ring (bicyclic) bond motifs is 1. The molecule has 0 aromatic heterocycles. The van der Waals surface area contributed by atoms with Crippen LogP contribution in [-0.4, -0.2) is 0 Å². The van der Waals surface area contributed by atoms with Gasteiger partial charge in [0.1, 0.15) is 0 Å². The van der Waals surface area contributed by atoms with E-state index in [0.29, 0.717) is 0 Å². The van der Waals surface area contributed by atoms with Crippen molar-refractivity contribution in [2.45, 2.75) is 26.7 Å². The normalized spacial score (nSPS) is 30.4. The summed E-state index contributed by atoms with van der Waals surface area (Å²) in [6.07, 6.45) is 5.03. The summed E-state index contributed by atoms with van der Waals surface area (Å²) in [5.41, 5.74) is 4.93. The minimum atomic E-state index is 0.889. The first-order chi connectivity index (χ1) is 4.33. The second-order valence-corrected chi connectivity index (χ2v) is 3.02. The fraction of sp³-hybridized carbons (Fsp3) is 0.556. The van der Waals surface area contributed by atoms with E-state index in [1.165, 1.54) is 12.8 Å².